The summed E-state index contributed by atoms with van der Waals surface area (Å²) >= 11 is 1.59. The van der Waals surface area contributed by atoms with Gasteiger partial charge in [0.05, 0.1) is 5.57 Å². The van der Waals surface area contributed by atoms with Gasteiger partial charge in [0.15, 0.2) is 0 Å². The Morgan fingerprint density at radius 1 is 1.42 bits per heavy atom. The zero-order valence-electron chi connectivity index (χ0n) is 10.4. The van der Waals surface area contributed by atoms with E-state index in [1.54, 1.807) is 23.5 Å². The van der Waals surface area contributed by atoms with Crippen LogP contribution >= 0.6 is 11.3 Å². The van der Waals surface area contributed by atoms with Crippen molar-refractivity contribution < 1.29 is 14.6 Å². The average Bonchev–Trinajstić information content (AvgIpc) is 2.83. The van der Waals surface area contributed by atoms with E-state index in [9.17, 15) is 4.79 Å². The first kappa shape index (κ1) is 13.3. The highest BCUT2D eigenvalue weighted by atomic mass is 32.1. The Hall–Kier alpha value is -2.14. The SMILES string of the molecule is C=C(COc1ccc(-c2nc(C)cs2)cc1)C(=O)O. The van der Waals surface area contributed by atoms with E-state index < -0.39 is 5.97 Å². The molecule has 0 saturated carbocycles. The fraction of sp³-hybridized carbons (Fsp3) is 0.143. The summed E-state index contributed by atoms with van der Waals surface area (Å²) in [6, 6.07) is 7.39. The van der Waals surface area contributed by atoms with Crippen LogP contribution in [0.1, 0.15) is 5.69 Å². The monoisotopic (exact) mass is 275 g/mol. The summed E-state index contributed by atoms with van der Waals surface area (Å²) < 4.78 is 5.33. The minimum absolute atomic E-state index is 0.0228. The molecule has 0 aliphatic heterocycles. The summed E-state index contributed by atoms with van der Waals surface area (Å²) in [5.74, 6) is -0.436. The number of aliphatic carboxylic acids is 1. The second-order valence-electron chi connectivity index (χ2n) is 4.02. The number of ether oxygens (including phenoxy) is 1. The molecule has 1 aromatic heterocycles. The van der Waals surface area contributed by atoms with Crippen molar-refractivity contribution in [3.63, 3.8) is 0 Å². The van der Waals surface area contributed by atoms with Crippen LogP contribution < -0.4 is 4.74 Å². The molecule has 0 atom stereocenters. The number of hydrogen-bond donors (Lipinski definition) is 1. The molecule has 0 aliphatic rings. The zero-order valence-corrected chi connectivity index (χ0v) is 11.2. The summed E-state index contributed by atoms with van der Waals surface area (Å²) in [6.07, 6.45) is 0. The number of aryl methyl sites for hydroxylation is 1. The maximum absolute atomic E-state index is 10.6. The largest absolute Gasteiger partial charge is 0.489 e. The Bertz CT molecular complexity index is 601. The third-order valence-electron chi connectivity index (χ3n) is 2.44. The van der Waals surface area contributed by atoms with Crippen LogP contribution in [0, 0.1) is 6.92 Å². The van der Waals surface area contributed by atoms with Gasteiger partial charge in [0.2, 0.25) is 0 Å². The minimum atomic E-state index is -1.05. The zero-order chi connectivity index (χ0) is 13.8. The maximum Gasteiger partial charge on any atom is 0.334 e. The fourth-order valence-corrected chi connectivity index (χ4v) is 2.22. The second-order valence-corrected chi connectivity index (χ2v) is 4.87. The van der Waals surface area contributed by atoms with Crippen molar-refractivity contribution in [3.8, 4) is 16.3 Å². The summed E-state index contributed by atoms with van der Waals surface area (Å²) in [4.78, 5) is 15.0. The summed E-state index contributed by atoms with van der Waals surface area (Å²) in [6.45, 7) is 5.33. The predicted octanol–water partition coefficient (Wildman–Crippen LogP) is 3.14. The molecule has 0 amide bonds. The van der Waals surface area contributed by atoms with Crippen molar-refractivity contribution in [1.29, 1.82) is 0 Å². The molecule has 2 rings (SSSR count). The lowest BCUT2D eigenvalue weighted by Gasteiger charge is -2.06. The first-order valence-electron chi connectivity index (χ1n) is 5.62. The number of carbonyl (C=O) groups is 1. The molecule has 0 fully saturated rings. The van der Waals surface area contributed by atoms with E-state index in [1.807, 2.05) is 24.4 Å². The normalized spacial score (nSPS) is 10.2. The first-order chi connectivity index (χ1) is 9.06. The van der Waals surface area contributed by atoms with E-state index >= 15 is 0 Å². The molecule has 98 valence electrons. The van der Waals surface area contributed by atoms with Crippen LogP contribution in [0.15, 0.2) is 41.8 Å². The van der Waals surface area contributed by atoms with E-state index in [0.29, 0.717) is 5.75 Å². The third kappa shape index (κ3) is 3.42. The minimum Gasteiger partial charge on any atom is -0.489 e. The molecular weight excluding hydrogens is 262 g/mol. The van der Waals surface area contributed by atoms with Gasteiger partial charge < -0.3 is 9.84 Å². The van der Waals surface area contributed by atoms with Gasteiger partial charge in [-0.2, -0.15) is 0 Å². The Morgan fingerprint density at radius 3 is 2.63 bits per heavy atom. The van der Waals surface area contributed by atoms with Crippen molar-refractivity contribution in [2.24, 2.45) is 0 Å². The van der Waals surface area contributed by atoms with Crippen LogP contribution in [0.25, 0.3) is 10.6 Å². The molecule has 4 nitrogen and oxygen atoms in total. The molecule has 1 aromatic carbocycles. The number of carboxylic acid groups (broad SMARTS) is 1. The van der Waals surface area contributed by atoms with Crippen LogP contribution in [-0.4, -0.2) is 22.7 Å². The molecule has 0 bridgehead atoms. The lowest BCUT2D eigenvalue weighted by molar-refractivity contribution is -0.133. The first-order valence-corrected chi connectivity index (χ1v) is 6.50. The second kappa shape index (κ2) is 5.67. The smallest absolute Gasteiger partial charge is 0.334 e. The van der Waals surface area contributed by atoms with Crippen LogP contribution in [0.2, 0.25) is 0 Å². The van der Waals surface area contributed by atoms with Gasteiger partial charge in [-0.1, -0.05) is 6.58 Å². The van der Waals surface area contributed by atoms with Crippen LogP contribution in [-0.2, 0) is 4.79 Å². The lowest BCUT2D eigenvalue weighted by Crippen LogP contribution is -2.08. The molecule has 0 unspecified atom stereocenters. The lowest BCUT2D eigenvalue weighted by atomic mass is 10.2. The molecule has 0 radical (unpaired) electrons. The standard InChI is InChI=1S/C14H13NO3S/c1-9(14(16)17)7-18-12-5-3-11(4-6-12)13-15-10(2)8-19-13/h3-6,8H,1,7H2,2H3,(H,16,17). The quantitative estimate of drug-likeness (QED) is 0.852. The molecule has 1 N–H and O–H groups in total. The van der Waals surface area contributed by atoms with E-state index in [4.69, 9.17) is 9.84 Å². The van der Waals surface area contributed by atoms with E-state index in [1.165, 1.54) is 0 Å². The Balaban J connectivity index is 2.03. The van der Waals surface area contributed by atoms with E-state index in [-0.39, 0.29) is 12.2 Å². The number of carboxylic acids is 1. The van der Waals surface area contributed by atoms with Gasteiger partial charge >= 0.3 is 5.97 Å². The Labute approximate surface area is 115 Å². The summed E-state index contributed by atoms with van der Waals surface area (Å²) in [5.41, 5.74) is 2.04. The maximum atomic E-state index is 10.6. The molecule has 5 heteroatoms. The predicted molar refractivity (Wildman–Crippen MR) is 74.6 cm³/mol. The number of rotatable bonds is 5. The van der Waals surface area contributed by atoms with Gasteiger partial charge in [-0.3, -0.25) is 0 Å². The van der Waals surface area contributed by atoms with Crippen molar-refractivity contribution in [2.75, 3.05) is 6.61 Å². The van der Waals surface area contributed by atoms with Gasteiger partial charge in [0.25, 0.3) is 0 Å². The molecule has 2 aromatic rings. The Kier molecular flexibility index (Phi) is 3.97. The molecule has 19 heavy (non-hydrogen) atoms. The van der Waals surface area contributed by atoms with Crippen LogP contribution in [0.3, 0.4) is 0 Å². The van der Waals surface area contributed by atoms with Crippen LogP contribution in [0.5, 0.6) is 5.75 Å². The highest BCUT2D eigenvalue weighted by Crippen LogP contribution is 2.25. The topological polar surface area (TPSA) is 59.4 Å². The van der Waals surface area contributed by atoms with Gasteiger partial charge in [-0.25, -0.2) is 9.78 Å². The molecular formula is C14H13NO3S. The molecule has 0 saturated heterocycles. The molecule has 1 heterocycles. The van der Waals surface area contributed by atoms with Gasteiger partial charge in [-0.05, 0) is 31.2 Å². The number of benzene rings is 1. The van der Waals surface area contributed by atoms with Crippen molar-refractivity contribution in [3.05, 3.63) is 47.5 Å². The highest BCUT2D eigenvalue weighted by molar-refractivity contribution is 7.13. The van der Waals surface area contributed by atoms with Gasteiger partial charge in [0, 0.05) is 16.6 Å². The Morgan fingerprint density at radius 2 is 2.11 bits per heavy atom. The average molecular weight is 275 g/mol. The van der Waals surface area contributed by atoms with Crippen molar-refractivity contribution >= 4 is 17.3 Å². The fourth-order valence-electron chi connectivity index (χ4n) is 1.41. The third-order valence-corrected chi connectivity index (χ3v) is 3.45. The number of aromatic nitrogens is 1. The number of thiazole rings is 1. The van der Waals surface area contributed by atoms with E-state index in [2.05, 4.69) is 11.6 Å². The highest BCUT2D eigenvalue weighted by Gasteiger charge is 2.06. The van der Waals surface area contributed by atoms with Crippen LogP contribution in [0.4, 0.5) is 0 Å². The molecule has 0 aliphatic carbocycles. The summed E-state index contributed by atoms with van der Waals surface area (Å²) in [5, 5.41) is 11.6. The van der Waals surface area contributed by atoms with Crippen molar-refractivity contribution in [2.45, 2.75) is 6.92 Å². The van der Waals surface area contributed by atoms with Gasteiger partial charge in [0.1, 0.15) is 17.4 Å². The number of nitrogens with zero attached hydrogens (tertiary/aromatic N) is 1. The number of hydrogen-bond acceptors (Lipinski definition) is 4. The van der Waals surface area contributed by atoms with E-state index in [0.717, 1.165) is 16.3 Å². The van der Waals surface area contributed by atoms with Gasteiger partial charge in [-0.15, -0.1) is 11.3 Å². The van der Waals surface area contributed by atoms with Crippen molar-refractivity contribution in [1.82, 2.24) is 4.98 Å². The molecule has 0 spiro atoms. The summed E-state index contributed by atoms with van der Waals surface area (Å²) in [7, 11) is 0.